The third-order valence-electron chi connectivity index (χ3n) is 2.84. The van der Waals surface area contributed by atoms with Gasteiger partial charge in [-0.05, 0) is 11.6 Å². The lowest BCUT2D eigenvalue weighted by atomic mass is 10.2. The van der Waals surface area contributed by atoms with E-state index in [4.69, 9.17) is 4.84 Å². The van der Waals surface area contributed by atoms with Crippen LogP contribution in [0.1, 0.15) is 5.56 Å². The molecule has 1 heterocycles. The summed E-state index contributed by atoms with van der Waals surface area (Å²) < 4.78 is 0. The number of benzene rings is 2. The molecule has 0 unspecified atom stereocenters. The number of fused-ring (bicyclic) bond motifs is 1. The largest absolute Gasteiger partial charge is 0.267 e. The summed E-state index contributed by atoms with van der Waals surface area (Å²) in [6.07, 6.45) is 1.99. The molecule has 0 saturated heterocycles. The van der Waals surface area contributed by atoms with Crippen molar-refractivity contribution in [3.63, 3.8) is 0 Å². The van der Waals surface area contributed by atoms with Crippen LogP contribution in [0.4, 0.5) is 0 Å². The summed E-state index contributed by atoms with van der Waals surface area (Å²) in [5, 5.41) is 3.89. The Balaban J connectivity index is 1.71. The van der Waals surface area contributed by atoms with Crippen molar-refractivity contribution in [1.29, 1.82) is 0 Å². The highest BCUT2D eigenvalue weighted by Gasteiger charge is 2.04. The summed E-state index contributed by atoms with van der Waals surface area (Å²) >= 11 is 0. The van der Waals surface area contributed by atoms with Gasteiger partial charge < -0.3 is 0 Å². The lowest BCUT2D eigenvalue weighted by Gasteiger charge is -2.19. The molecule has 18 heavy (non-hydrogen) atoms. The van der Waals surface area contributed by atoms with Gasteiger partial charge in [0.1, 0.15) is 6.67 Å². The summed E-state index contributed by atoms with van der Waals surface area (Å²) in [6, 6.07) is 18.2. The fraction of sp³-hybridized carbons (Fsp3) is 0.133. The molecule has 3 nitrogen and oxygen atoms in total. The van der Waals surface area contributed by atoms with E-state index in [1.54, 1.807) is 5.06 Å². The van der Waals surface area contributed by atoms with Crippen molar-refractivity contribution in [2.45, 2.75) is 6.61 Å². The van der Waals surface area contributed by atoms with Crippen molar-refractivity contribution >= 4 is 6.20 Å². The van der Waals surface area contributed by atoms with E-state index < -0.39 is 0 Å². The number of para-hydroxylation sites is 1. The van der Waals surface area contributed by atoms with Gasteiger partial charge in [-0.15, -0.1) is 0 Å². The summed E-state index contributed by atoms with van der Waals surface area (Å²) in [6.45, 7) is 1.11. The topological polar surface area (TPSA) is 24.8 Å². The molecule has 0 bridgehead atoms. The highest BCUT2D eigenvalue weighted by Crippen LogP contribution is 2.04. The maximum Gasteiger partial charge on any atom is 0.135 e. The minimum absolute atomic E-state index is 0.545. The Labute approximate surface area is 106 Å². The molecular formula is C15H14N2O. The molecule has 0 N–H and O–H groups in total. The first-order chi connectivity index (χ1) is 8.92. The molecule has 0 radical (unpaired) electrons. The monoisotopic (exact) mass is 238 g/mol. The normalized spacial score (nSPS) is 13.4. The van der Waals surface area contributed by atoms with E-state index in [9.17, 15) is 0 Å². The van der Waals surface area contributed by atoms with Crippen molar-refractivity contribution in [1.82, 2.24) is 5.06 Å². The van der Waals surface area contributed by atoms with Crippen molar-refractivity contribution in [2.24, 2.45) is 4.99 Å². The van der Waals surface area contributed by atoms with E-state index in [0.29, 0.717) is 13.3 Å². The second-order valence-corrected chi connectivity index (χ2v) is 4.16. The molecule has 0 aliphatic carbocycles. The molecule has 1 aliphatic heterocycles. The van der Waals surface area contributed by atoms with Crippen LogP contribution in [-0.2, 0) is 11.4 Å². The van der Waals surface area contributed by atoms with E-state index in [0.717, 1.165) is 16.1 Å². The van der Waals surface area contributed by atoms with Crippen LogP contribution in [0.15, 0.2) is 59.6 Å². The zero-order valence-corrected chi connectivity index (χ0v) is 9.99. The highest BCUT2D eigenvalue weighted by atomic mass is 16.7. The highest BCUT2D eigenvalue weighted by molar-refractivity contribution is 5.22. The molecule has 0 amide bonds. The zero-order chi connectivity index (χ0) is 12.2. The molecule has 0 aromatic heterocycles. The van der Waals surface area contributed by atoms with Gasteiger partial charge in [-0.1, -0.05) is 48.5 Å². The number of hydrogen-bond donors (Lipinski definition) is 0. The molecule has 0 atom stereocenters. The van der Waals surface area contributed by atoms with Gasteiger partial charge in [-0.25, -0.2) is 5.06 Å². The average Bonchev–Trinajstić information content (AvgIpc) is 2.46. The van der Waals surface area contributed by atoms with E-state index in [1.165, 1.54) is 0 Å². The lowest BCUT2D eigenvalue weighted by Crippen LogP contribution is -2.35. The Bertz CT molecular complexity index is 637. The van der Waals surface area contributed by atoms with Gasteiger partial charge >= 0.3 is 0 Å². The van der Waals surface area contributed by atoms with Gasteiger partial charge in [0.2, 0.25) is 0 Å². The summed E-state index contributed by atoms with van der Waals surface area (Å²) in [5.74, 6) is 0. The number of hydroxylamine groups is 2. The lowest BCUT2D eigenvalue weighted by molar-refractivity contribution is -0.115. The Hall–Kier alpha value is -2.13. The summed E-state index contributed by atoms with van der Waals surface area (Å²) in [5.41, 5.74) is 1.16. The van der Waals surface area contributed by atoms with Crippen molar-refractivity contribution in [2.75, 3.05) is 6.67 Å². The standard InChI is InChI=1S/C15H14N2O/c1-2-6-13(7-3-1)11-18-17-10-14-8-4-5-9-15(14)16-12-17/h1-10H,11-12H2. The third-order valence-corrected chi connectivity index (χ3v) is 2.84. The maximum absolute atomic E-state index is 5.71. The Morgan fingerprint density at radius 3 is 2.67 bits per heavy atom. The zero-order valence-electron chi connectivity index (χ0n) is 9.99. The molecule has 0 saturated carbocycles. The fourth-order valence-corrected chi connectivity index (χ4v) is 1.89. The van der Waals surface area contributed by atoms with Crippen LogP contribution in [0.2, 0.25) is 0 Å². The van der Waals surface area contributed by atoms with E-state index in [2.05, 4.69) is 17.1 Å². The second kappa shape index (κ2) is 5.02. The van der Waals surface area contributed by atoms with Crippen molar-refractivity contribution < 1.29 is 4.84 Å². The number of rotatable bonds is 3. The van der Waals surface area contributed by atoms with Gasteiger partial charge in [0.05, 0.1) is 12.0 Å². The van der Waals surface area contributed by atoms with Crippen LogP contribution in [0.3, 0.4) is 0 Å². The SMILES string of the molecule is C1=c2ccccc2=NCN1OCc1ccccc1. The smallest absolute Gasteiger partial charge is 0.135 e. The van der Waals surface area contributed by atoms with Crippen LogP contribution in [0.25, 0.3) is 6.20 Å². The van der Waals surface area contributed by atoms with E-state index in [1.807, 2.05) is 48.7 Å². The molecule has 90 valence electrons. The number of hydrogen-bond acceptors (Lipinski definition) is 3. The molecule has 2 aromatic carbocycles. The Morgan fingerprint density at radius 2 is 1.78 bits per heavy atom. The van der Waals surface area contributed by atoms with Crippen LogP contribution in [-0.4, -0.2) is 11.7 Å². The van der Waals surface area contributed by atoms with Crippen molar-refractivity contribution in [3.05, 3.63) is 70.7 Å². The fourth-order valence-electron chi connectivity index (χ4n) is 1.89. The quantitative estimate of drug-likeness (QED) is 0.808. The van der Waals surface area contributed by atoms with Crippen molar-refractivity contribution in [3.8, 4) is 0 Å². The van der Waals surface area contributed by atoms with Crippen LogP contribution < -0.4 is 10.6 Å². The van der Waals surface area contributed by atoms with Crippen LogP contribution in [0.5, 0.6) is 0 Å². The van der Waals surface area contributed by atoms with Gasteiger partial charge in [0, 0.05) is 11.4 Å². The van der Waals surface area contributed by atoms with Gasteiger partial charge in [0.25, 0.3) is 0 Å². The molecular weight excluding hydrogens is 224 g/mol. The van der Waals surface area contributed by atoms with Crippen LogP contribution >= 0.6 is 0 Å². The third kappa shape index (κ3) is 2.41. The molecule has 1 aliphatic rings. The van der Waals surface area contributed by atoms with Gasteiger partial charge in [0.15, 0.2) is 0 Å². The van der Waals surface area contributed by atoms with Gasteiger partial charge in [-0.2, -0.15) is 0 Å². The maximum atomic E-state index is 5.71. The minimum atomic E-state index is 0.545. The molecule has 0 spiro atoms. The predicted molar refractivity (Wildman–Crippen MR) is 69.6 cm³/mol. The first-order valence-electron chi connectivity index (χ1n) is 5.97. The van der Waals surface area contributed by atoms with E-state index >= 15 is 0 Å². The first-order valence-corrected chi connectivity index (χ1v) is 5.97. The molecule has 3 rings (SSSR count). The molecule has 3 heteroatoms. The minimum Gasteiger partial charge on any atom is -0.267 e. The first kappa shape index (κ1) is 11.0. The van der Waals surface area contributed by atoms with Gasteiger partial charge in [-0.3, -0.25) is 9.83 Å². The predicted octanol–water partition coefficient (Wildman–Crippen LogP) is 1.45. The Morgan fingerprint density at radius 1 is 1.00 bits per heavy atom. The van der Waals surface area contributed by atoms with Crippen LogP contribution in [0, 0.1) is 0 Å². The Kier molecular flexibility index (Phi) is 3.07. The van der Waals surface area contributed by atoms with E-state index in [-0.39, 0.29) is 0 Å². The average molecular weight is 238 g/mol. The second-order valence-electron chi connectivity index (χ2n) is 4.16. The molecule has 2 aromatic rings. The summed E-state index contributed by atoms with van der Waals surface area (Å²) in [4.78, 5) is 10.2. The molecule has 0 fully saturated rings. The number of nitrogens with zero attached hydrogens (tertiary/aromatic N) is 2. The summed E-state index contributed by atoms with van der Waals surface area (Å²) in [7, 11) is 0.